The van der Waals surface area contributed by atoms with Crippen molar-refractivity contribution in [3.8, 4) is 0 Å². The first-order valence-corrected chi connectivity index (χ1v) is 5.65. The smallest absolute Gasteiger partial charge is 0.0511 e. The van der Waals surface area contributed by atoms with E-state index in [9.17, 15) is 0 Å². The highest BCUT2D eigenvalue weighted by Gasteiger charge is 2.27. The summed E-state index contributed by atoms with van der Waals surface area (Å²) in [4.78, 5) is 2.34. The van der Waals surface area contributed by atoms with E-state index in [-0.39, 0.29) is 0 Å². The van der Waals surface area contributed by atoms with Crippen LogP contribution in [0.15, 0.2) is 36.2 Å². The molecule has 14 heavy (non-hydrogen) atoms. The maximum absolute atomic E-state index is 2.34. The minimum atomic E-state index is 0.564. The summed E-state index contributed by atoms with van der Waals surface area (Å²) in [5, 5.41) is 0. The van der Waals surface area contributed by atoms with Gasteiger partial charge in [-0.3, -0.25) is 0 Å². The molecule has 1 aliphatic heterocycles. The summed E-state index contributed by atoms with van der Waals surface area (Å²) >= 11 is 0. The molecule has 0 amide bonds. The minimum absolute atomic E-state index is 0.564. The van der Waals surface area contributed by atoms with Gasteiger partial charge in [0.2, 0.25) is 0 Å². The fourth-order valence-corrected chi connectivity index (χ4v) is 1.96. The van der Waals surface area contributed by atoms with Crippen LogP contribution in [-0.4, -0.2) is 10.9 Å². The van der Waals surface area contributed by atoms with Crippen LogP contribution in [0.3, 0.4) is 0 Å². The van der Waals surface area contributed by atoms with Gasteiger partial charge in [-0.1, -0.05) is 25.2 Å². The molecule has 0 saturated heterocycles. The summed E-state index contributed by atoms with van der Waals surface area (Å²) in [6, 6.07) is 0.564. The molecular weight excluding hydrogens is 170 g/mol. The molecule has 1 fully saturated rings. The van der Waals surface area contributed by atoms with Crippen molar-refractivity contribution < 1.29 is 0 Å². The number of nitrogens with zero attached hydrogens (tertiary/aromatic N) is 1. The van der Waals surface area contributed by atoms with Gasteiger partial charge < -0.3 is 4.90 Å². The Bertz CT molecular complexity index is 282. The molecule has 0 radical (unpaired) electrons. The normalized spacial score (nSPS) is 27.1. The fraction of sp³-hybridized carbons (Fsp3) is 0.538. The molecular formula is C13H19N. The van der Waals surface area contributed by atoms with Gasteiger partial charge in [0.25, 0.3) is 0 Å². The van der Waals surface area contributed by atoms with Gasteiger partial charge in [0.1, 0.15) is 0 Å². The number of hydrogen-bond acceptors (Lipinski definition) is 1. The van der Waals surface area contributed by atoms with E-state index in [0.717, 1.165) is 5.92 Å². The van der Waals surface area contributed by atoms with Crippen LogP contribution in [-0.2, 0) is 0 Å². The zero-order chi connectivity index (χ0) is 9.97. The molecule has 1 aliphatic carbocycles. The van der Waals surface area contributed by atoms with Gasteiger partial charge in [0.15, 0.2) is 0 Å². The fourth-order valence-electron chi connectivity index (χ4n) is 1.96. The molecule has 76 valence electrons. The predicted molar refractivity (Wildman–Crippen MR) is 60.7 cm³/mol. The summed E-state index contributed by atoms with van der Waals surface area (Å²) in [6.07, 6.45) is 15.2. The molecule has 1 heterocycles. The maximum Gasteiger partial charge on any atom is 0.0511 e. The van der Waals surface area contributed by atoms with Gasteiger partial charge in [-0.25, -0.2) is 0 Å². The highest BCUT2D eigenvalue weighted by Crippen LogP contribution is 2.38. The summed E-state index contributed by atoms with van der Waals surface area (Å²) < 4.78 is 0. The lowest BCUT2D eigenvalue weighted by atomic mass is 10.0. The van der Waals surface area contributed by atoms with Crippen LogP contribution in [0, 0.1) is 5.92 Å². The molecule has 1 saturated carbocycles. The van der Waals surface area contributed by atoms with E-state index >= 15 is 0 Å². The molecule has 0 spiro atoms. The molecule has 0 aromatic carbocycles. The third kappa shape index (κ3) is 1.92. The number of hydrogen-bond donors (Lipinski definition) is 0. The van der Waals surface area contributed by atoms with Crippen molar-refractivity contribution in [2.24, 2.45) is 5.92 Å². The van der Waals surface area contributed by atoms with Crippen LogP contribution in [0.4, 0.5) is 0 Å². The summed E-state index contributed by atoms with van der Waals surface area (Å²) in [7, 11) is 0. The lowest BCUT2D eigenvalue weighted by Gasteiger charge is -2.28. The Morgan fingerprint density at radius 2 is 2.29 bits per heavy atom. The van der Waals surface area contributed by atoms with E-state index in [1.54, 1.807) is 0 Å². The van der Waals surface area contributed by atoms with Crippen LogP contribution >= 0.6 is 0 Å². The van der Waals surface area contributed by atoms with E-state index in [4.69, 9.17) is 0 Å². The Morgan fingerprint density at radius 3 is 2.86 bits per heavy atom. The van der Waals surface area contributed by atoms with Gasteiger partial charge in [-0.05, 0) is 43.9 Å². The molecule has 2 rings (SSSR count). The molecule has 0 aromatic heterocycles. The van der Waals surface area contributed by atoms with Crippen molar-refractivity contribution in [3.63, 3.8) is 0 Å². The molecule has 1 heteroatoms. The van der Waals surface area contributed by atoms with Crippen LogP contribution in [0.25, 0.3) is 0 Å². The van der Waals surface area contributed by atoms with E-state index < -0.39 is 0 Å². The standard InChI is InChI=1S/C13H19N/c1-3-9-14-10-12(11-5-6-11)7-8-13(14)4-2/h3,7-11,13H,4-6H2,1-2H3/b9-3+. The van der Waals surface area contributed by atoms with Crippen LogP contribution in [0.5, 0.6) is 0 Å². The maximum atomic E-state index is 2.34. The number of rotatable bonds is 3. The zero-order valence-electron chi connectivity index (χ0n) is 9.11. The monoisotopic (exact) mass is 189 g/mol. The average molecular weight is 189 g/mol. The average Bonchev–Trinajstić information content (AvgIpc) is 3.01. The second kappa shape index (κ2) is 4.04. The zero-order valence-corrected chi connectivity index (χ0v) is 9.11. The third-order valence-corrected chi connectivity index (χ3v) is 2.98. The second-order valence-corrected chi connectivity index (χ2v) is 4.17. The Hall–Kier alpha value is -0.980. The van der Waals surface area contributed by atoms with Crippen molar-refractivity contribution >= 4 is 0 Å². The Kier molecular flexibility index (Phi) is 2.76. The first-order valence-electron chi connectivity index (χ1n) is 5.65. The lowest BCUT2D eigenvalue weighted by molar-refractivity contribution is 0.405. The van der Waals surface area contributed by atoms with Gasteiger partial charge in [0, 0.05) is 6.20 Å². The molecule has 1 nitrogen and oxygen atoms in total. The van der Waals surface area contributed by atoms with Gasteiger partial charge in [-0.2, -0.15) is 0 Å². The van der Waals surface area contributed by atoms with Gasteiger partial charge in [-0.15, -0.1) is 0 Å². The topological polar surface area (TPSA) is 3.24 Å². The van der Waals surface area contributed by atoms with Crippen molar-refractivity contribution in [2.45, 2.75) is 39.2 Å². The summed E-state index contributed by atoms with van der Waals surface area (Å²) in [5.41, 5.74) is 1.52. The largest absolute Gasteiger partial charge is 0.348 e. The van der Waals surface area contributed by atoms with Crippen molar-refractivity contribution in [1.29, 1.82) is 0 Å². The first kappa shape index (κ1) is 9.57. The Morgan fingerprint density at radius 1 is 1.50 bits per heavy atom. The third-order valence-electron chi connectivity index (χ3n) is 2.98. The van der Waals surface area contributed by atoms with Crippen molar-refractivity contribution in [2.75, 3.05) is 0 Å². The van der Waals surface area contributed by atoms with Gasteiger partial charge in [0.05, 0.1) is 6.04 Å². The molecule has 0 bridgehead atoms. The van der Waals surface area contributed by atoms with Crippen LogP contribution in [0.2, 0.25) is 0 Å². The minimum Gasteiger partial charge on any atom is -0.348 e. The van der Waals surface area contributed by atoms with Crippen molar-refractivity contribution in [1.82, 2.24) is 4.90 Å². The molecule has 1 atom stereocenters. The predicted octanol–water partition coefficient (Wildman–Crippen LogP) is 3.46. The van der Waals surface area contributed by atoms with Crippen molar-refractivity contribution in [3.05, 3.63) is 36.2 Å². The van der Waals surface area contributed by atoms with E-state index in [0.29, 0.717) is 6.04 Å². The molecule has 0 aromatic rings. The molecule has 0 N–H and O–H groups in total. The Labute approximate surface area is 86.8 Å². The molecule has 1 unspecified atom stereocenters. The van der Waals surface area contributed by atoms with Crippen LogP contribution in [0.1, 0.15) is 33.1 Å². The summed E-state index contributed by atoms with van der Waals surface area (Å²) in [5.74, 6) is 0.858. The highest BCUT2D eigenvalue weighted by molar-refractivity contribution is 5.30. The lowest BCUT2D eigenvalue weighted by Crippen LogP contribution is -2.26. The van der Waals surface area contributed by atoms with E-state index in [1.807, 2.05) is 0 Å². The van der Waals surface area contributed by atoms with Gasteiger partial charge >= 0.3 is 0 Å². The Balaban J connectivity index is 2.12. The second-order valence-electron chi connectivity index (χ2n) is 4.17. The SMILES string of the molecule is C/C=C/N1C=C(C2CC2)C=CC1CC. The summed E-state index contributed by atoms with van der Waals surface area (Å²) in [6.45, 7) is 4.32. The quantitative estimate of drug-likeness (QED) is 0.657. The van der Waals surface area contributed by atoms with E-state index in [1.165, 1.54) is 24.8 Å². The van der Waals surface area contributed by atoms with E-state index in [2.05, 4.69) is 49.4 Å². The molecule has 2 aliphatic rings. The number of allylic oxidation sites excluding steroid dienone is 3. The first-order chi connectivity index (χ1) is 6.85. The van der Waals surface area contributed by atoms with Crippen LogP contribution < -0.4 is 0 Å². The highest BCUT2D eigenvalue weighted by atomic mass is 15.1.